The van der Waals surface area contributed by atoms with Gasteiger partial charge in [-0.1, -0.05) is 12.1 Å². The third kappa shape index (κ3) is 1.16. The van der Waals surface area contributed by atoms with Crippen LogP contribution in [-0.2, 0) is 5.11 Å². The average molecular weight is 159 g/mol. The molecule has 0 amide bonds. The fourth-order valence-electron chi connectivity index (χ4n) is 1.06. The number of H-pyrrole nitrogens is 1. The van der Waals surface area contributed by atoms with E-state index in [-0.39, 0.29) is 5.75 Å². The molecule has 0 aliphatic rings. The number of benzene rings is 1. The first-order chi connectivity index (χ1) is 5.86. The highest BCUT2D eigenvalue weighted by Gasteiger charge is 1.97. The molecule has 59 valence electrons. The number of hydrogen-bond donors (Lipinski definition) is 1. The van der Waals surface area contributed by atoms with Crippen LogP contribution in [-0.4, -0.2) is 10.2 Å². The van der Waals surface area contributed by atoms with Crippen molar-refractivity contribution >= 4 is 0 Å². The second-order valence-electron chi connectivity index (χ2n) is 2.51. The van der Waals surface area contributed by atoms with Crippen LogP contribution in [0.5, 0.6) is 5.75 Å². The molecule has 0 fully saturated rings. The molecule has 3 heteroatoms. The molecule has 12 heavy (non-hydrogen) atoms. The Kier molecular flexibility index (Phi) is 1.55. The molecular formula is C9H7N2O. The second-order valence-corrected chi connectivity index (χ2v) is 2.51. The minimum atomic E-state index is 0.0299. The van der Waals surface area contributed by atoms with Gasteiger partial charge in [-0.25, -0.2) is 0 Å². The van der Waals surface area contributed by atoms with Crippen molar-refractivity contribution in [1.29, 1.82) is 0 Å². The molecule has 1 N–H and O–H groups in total. The Morgan fingerprint density at radius 1 is 1.08 bits per heavy atom. The largest absolute Gasteiger partial charge is 0.290 e. The molecular weight excluding hydrogens is 152 g/mol. The van der Waals surface area contributed by atoms with Gasteiger partial charge in [0, 0.05) is 11.8 Å². The van der Waals surface area contributed by atoms with Crippen molar-refractivity contribution in [2.24, 2.45) is 0 Å². The second kappa shape index (κ2) is 2.70. The normalized spacial score (nSPS) is 10.0. The van der Waals surface area contributed by atoms with Gasteiger partial charge in [-0.05, 0) is 17.7 Å². The molecule has 0 atom stereocenters. The van der Waals surface area contributed by atoms with E-state index in [4.69, 9.17) is 0 Å². The van der Waals surface area contributed by atoms with Gasteiger partial charge in [0.1, 0.15) is 0 Å². The Balaban J connectivity index is 2.43. The van der Waals surface area contributed by atoms with E-state index in [1.54, 1.807) is 36.7 Å². The summed E-state index contributed by atoms with van der Waals surface area (Å²) in [4.78, 5) is 0. The lowest BCUT2D eigenvalue weighted by molar-refractivity contribution is 0.355. The van der Waals surface area contributed by atoms with Gasteiger partial charge >= 0.3 is 0 Å². The van der Waals surface area contributed by atoms with Gasteiger partial charge in [-0.15, -0.1) is 0 Å². The van der Waals surface area contributed by atoms with E-state index in [0.29, 0.717) is 0 Å². The molecule has 0 aliphatic heterocycles. The molecule has 3 nitrogen and oxygen atoms in total. The highest BCUT2D eigenvalue weighted by Crippen LogP contribution is 2.20. The Bertz CT molecular complexity index is 351. The van der Waals surface area contributed by atoms with Crippen molar-refractivity contribution in [3.63, 3.8) is 0 Å². The number of aromatic amines is 1. The summed E-state index contributed by atoms with van der Waals surface area (Å²) in [6.07, 6.45) is 3.51. The van der Waals surface area contributed by atoms with E-state index < -0.39 is 0 Å². The van der Waals surface area contributed by atoms with Gasteiger partial charge in [0.05, 0.1) is 6.20 Å². The van der Waals surface area contributed by atoms with Crippen LogP contribution in [0, 0.1) is 0 Å². The Hall–Kier alpha value is -1.77. The number of nitrogens with one attached hydrogen (secondary N) is 1. The third-order valence-electron chi connectivity index (χ3n) is 1.69. The quantitative estimate of drug-likeness (QED) is 0.681. The maximum absolute atomic E-state index is 10.8. The summed E-state index contributed by atoms with van der Waals surface area (Å²) in [7, 11) is 0. The van der Waals surface area contributed by atoms with E-state index in [0.717, 1.165) is 11.1 Å². The first-order valence-corrected chi connectivity index (χ1v) is 3.62. The van der Waals surface area contributed by atoms with Crippen LogP contribution in [0.15, 0.2) is 36.7 Å². The van der Waals surface area contributed by atoms with Gasteiger partial charge in [-0.2, -0.15) is 5.10 Å². The highest BCUT2D eigenvalue weighted by atomic mass is 16.3. The molecule has 0 saturated carbocycles. The lowest BCUT2D eigenvalue weighted by Gasteiger charge is -1.94. The number of nitrogens with zero attached hydrogens (tertiary/aromatic N) is 1. The molecule has 2 rings (SSSR count). The third-order valence-corrected chi connectivity index (χ3v) is 1.69. The standard InChI is InChI=1S/C9H7N2O/c12-9-3-1-7(2-4-9)8-5-10-11-6-8/h1-6H,(H,10,11). The zero-order valence-electron chi connectivity index (χ0n) is 6.32. The zero-order valence-corrected chi connectivity index (χ0v) is 6.32. The van der Waals surface area contributed by atoms with Crippen LogP contribution >= 0.6 is 0 Å². The van der Waals surface area contributed by atoms with Crippen LogP contribution < -0.4 is 0 Å². The molecule has 0 saturated heterocycles. The van der Waals surface area contributed by atoms with Gasteiger partial charge in [0.2, 0.25) is 0 Å². The molecule has 2 aromatic rings. The Labute approximate surface area is 69.7 Å². The van der Waals surface area contributed by atoms with Crippen LogP contribution in [0.3, 0.4) is 0 Å². The molecule has 0 bridgehead atoms. The van der Waals surface area contributed by atoms with E-state index >= 15 is 0 Å². The average Bonchev–Trinajstić information content (AvgIpc) is 2.58. The van der Waals surface area contributed by atoms with Crippen molar-refractivity contribution in [2.45, 2.75) is 0 Å². The van der Waals surface area contributed by atoms with Gasteiger partial charge < -0.3 is 0 Å². The predicted molar refractivity (Wildman–Crippen MR) is 44.2 cm³/mol. The minimum Gasteiger partial charge on any atom is -0.290 e. The van der Waals surface area contributed by atoms with Crippen molar-refractivity contribution in [3.8, 4) is 16.9 Å². The fraction of sp³-hybridized carbons (Fsp3) is 0. The predicted octanol–water partition coefficient (Wildman–Crippen LogP) is 2.22. The SMILES string of the molecule is [O]c1ccc(-c2cn[nH]c2)cc1. The van der Waals surface area contributed by atoms with Crippen LogP contribution in [0.2, 0.25) is 0 Å². The molecule has 0 unspecified atom stereocenters. The van der Waals surface area contributed by atoms with Crippen molar-refractivity contribution in [3.05, 3.63) is 36.7 Å². The summed E-state index contributed by atoms with van der Waals surface area (Å²) < 4.78 is 0. The smallest absolute Gasteiger partial charge is 0.178 e. The van der Waals surface area contributed by atoms with Crippen molar-refractivity contribution < 1.29 is 5.11 Å². The minimum absolute atomic E-state index is 0.0299. The molecule has 1 aromatic carbocycles. The lowest BCUT2D eigenvalue weighted by atomic mass is 10.1. The maximum atomic E-state index is 10.8. The van der Waals surface area contributed by atoms with Crippen molar-refractivity contribution in [2.75, 3.05) is 0 Å². The molecule has 0 aliphatic carbocycles. The molecule has 1 heterocycles. The summed E-state index contributed by atoms with van der Waals surface area (Å²) in [6.45, 7) is 0. The molecule has 1 radical (unpaired) electrons. The van der Waals surface area contributed by atoms with Gasteiger partial charge in [0.25, 0.3) is 0 Å². The number of aromatic nitrogens is 2. The van der Waals surface area contributed by atoms with Gasteiger partial charge in [0.15, 0.2) is 5.75 Å². The van der Waals surface area contributed by atoms with Crippen LogP contribution in [0.1, 0.15) is 0 Å². The molecule has 1 aromatic heterocycles. The van der Waals surface area contributed by atoms with Crippen molar-refractivity contribution in [1.82, 2.24) is 10.2 Å². The van der Waals surface area contributed by atoms with E-state index in [9.17, 15) is 5.11 Å². The highest BCUT2D eigenvalue weighted by molar-refractivity contribution is 5.62. The van der Waals surface area contributed by atoms with E-state index in [1.165, 1.54) is 0 Å². The fourth-order valence-corrected chi connectivity index (χ4v) is 1.06. The summed E-state index contributed by atoms with van der Waals surface area (Å²) in [5.41, 5.74) is 2.00. The first-order valence-electron chi connectivity index (χ1n) is 3.62. The zero-order chi connectivity index (χ0) is 8.39. The van der Waals surface area contributed by atoms with Gasteiger partial charge in [-0.3, -0.25) is 10.2 Å². The topological polar surface area (TPSA) is 48.6 Å². The number of rotatable bonds is 1. The van der Waals surface area contributed by atoms with Crippen LogP contribution in [0.25, 0.3) is 11.1 Å². The molecule has 0 spiro atoms. The summed E-state index contributed by atoms with van der Waals surface area (Å²) in [5.74, 6) is 0.0299. The van der Waals surface area contributed by atoms with E-state index in [2.05, 4.69) is 10.2 Å². The summed E-state index contributed by atoms with van der Waals surface area (Å²) in [5, 5.41) is 17.3. The first kappa shape index (κ1) is 6.91. The van der Waals surface area contributed by atoms with Crippen LogP contribution in [0.4, 0.5) is 0 Å². The maximum Gasteiger partial charge on any atom is 0.178 e. The summed E-state index contributed by atoms with van der Waals surface area (Å²) in [6, 6.07) is 6.66. The summed E-state index contributed by atoms with van der Waals surface area (Å²) >= 11 is 0. The Morgan fingerprint density at radius 3 is 2.42 bits per heavy atom. The lowest BCUT2D eigenvalue weighted by Crippen LogP contribution is -1.71. The van der Waals surface area contributed by atoms with E-state index in [1.807, 2.05) is 0 Å². The monoisotopic (exact) mass is 159 g/mol. The Morgan fingerprint density at radius 2 is 1.83 bits per heavy atom. The number of hydrogen-bond acceptors (Lipinski definition) is 1.